The predicted octanol–water partition coefficient (Wildman–Crippen LogP) is 2.02. The summed E-state index contributed by atoms with van der Waals surface area (Å²) in [5.74, 6) is 2.14. The van der Waals surface area contributed by atoms with Gasteiger partial charge in [0.2, 0.25) is 0 Å². The number of aliphatic hydroxyl groups excluding tert-OH is 1. The first-order chi connectivity index (χ1) is 9.56. The van der Waals surface area contributed by atoms with E-state index in [0.29, 0.717) is 25.5 Å². The van der Waals surface area contributed by atoms with Gasteiger partial charge in [-0.15, -0.1) is 0 Å². The third-order valence-electron chi connectivity index (χ3n) is 3.34. The average molecular weight is 282 g/mol. The van der Waals surface area contributed by atoms with Crippen LogP contribution < -0.4 is 10.6 Å². The van der Waals surface area contributed by atoms with Crippen LogP contribution >= 0.6 is 0 Å². The van der Waals surface area contributed by atoms with Crippen LogP contribution in [0, 0.1) is 0 Å². The van der Waals surface area contributed by atoms with Gasteiger partial charge in [-0.05, 0) is 26.7 Å². The van der Waals surface area contributed by atoms with Crippen molar-refractivity contribution in [3.05, 3.63) is 11.9 Å². The van der Waals surface area contributed by atoms with Crippen molar-refractivity contribution in [3.63, 3.8) is 0 Å². The van der Waals surface area contributed by atoms with Gasteiger partial charge in [-0.25, -0.2) is 9.97 Å². The van der Waals surface area contributed by atoms with Crippen molar-refractivity contribution in [1.29, 1.82) is 0 Å². The lowest BCUT2D eigenvalue weighted by Gasteiger charge is -2.29. The van der Waals surface area contributed by atoms with Crippen molar-refractivity contribution < 1.29 is 9.84 Å². The fourth-order valence-corrected chi connectivity index (χ4v) is 1.83. The summed E-state index contributed by atoms with van der Waals surface area (Å²) in [5, 5.41) is 15.6. The Hall–Kier alpha value is -1.40. The van der Waals surface area contributed by atoms with Crippen LogP contribution in [0.4, 0.5) is 11.6 Å². The highest BCUT2D eigenvalue weighted by molar-refractivity contribution is 5.48. The number of hydrogen-bond donors (Lipinski definition) is 3. The largest absolute Gasteiger partial charge is 0.396 e. The van der Waals surface area contributed by atoms with Crippen molar-refractivity contribution in [2.24, 2.45) is 0 Å². The smallest absolute Gasteiger partial charge is 0.158 e. The van der Waals surface area contributed by atoms with Crippen LogP contribution in [0.2, 0.25) is 0 Å². The maximum absolute atomic E-state index is 9.18. The van der Waals surface area contributed by atoms with Gasteiger partial charge in [0.1, 0.15) is 18.2 Å². The van der Waals surface area contributed by atoms with Crippen LogP contribution in [-0.4, -0.2) is 40.9 Å². The molecule has 1 aromatic rings. The molecule has 1 heterocycles. The van der Waals surface area contributed by atoms with E-state index in [1.165, 1.54) is 0 Å². The Morgan fingerprint density at radius 1 is 1.30 bits per heavy atom. The summed E-state index contributed by atoms with van der Waals surface area (Å²) < 4.78 is 5.36. The Labute approximate surface area is 121 Å². The van der Waals surface area contributed by atoms with E-state index in [9.17, 15) is 5.11 Å². The molecule has 20 heavy (non-hydrogen) atoms. The molecule has 1 rings (SSSR count). The molecule has 0 bridgehead atoms. The highest BCUT2D eigenvalue weighted by atomic mass is 16.5. The summed E-state index contributed by atoms with van der Waals surface area (Å²) in [6, 6.07) is 1.86. The van der Waals surface area contributed by atoms with Gasteiger partial charge < -0.3 is 20.5 Å². The molecular formula is C14H26N4O2. The molecule has 0 fully saturated rings. The molecule has 0 aliphatic rings. The van der Waals surface area contributed by atoms with Crippen molar-refractivity contribution in [2.75, 3.05) is 30.9 Å². The molecule has 0 radical (unpaired) electrons. The molecule has 0 spiro atoms. The minimum absolute atomic E-state index is 0.146. The maximum Gasteiger partial charge on any atom is 0.158 e. The molecule has 3 N–H and O–H groups in total. The van der Waals surface area contributed by atoms with Gasteiger partial charge in [0.25, 0.3) is 0 Å². The first-order valence-electron chi connectivity index (χ1n) is 7.09. The van der Waals surface area contributed by atoms with Crippen molar-refractivity contribution in [3.8, 4) is 0 Å². The molecule has 6 nitrogen and oxygen atoms in total. The Bertz CT molecular complexity index is 414. The monoisotopic (exact) mass is 282 g/mol. The zero-order chi connectivity index (χ0) is 15.0. The van der Waals surface area contributed by atoms with E-state index in [0.717, 1.165) is 18.1 Å². The van der Waals surface area contributed by atoms with Gasteiger partial charge in [-0.3, -0.25) is 0 Å². The Balaban J connectivity index is 2.92. The number of hydrogen-bond acceptors (Lipinski definition) is 6. The van der Waals surface area contributed by atoms with E-state index >= 15 is 0 Å². The lowest BCUT2D eigenvalue weighted by molar-refractivity contribution is 0.128. The predicted molar refractivity (Wildman–Crippen MR) is 80.9 cm³/mol. The zero-order valence-electron chi connectivity index (χ0n) is 12.9. The van der Waals surface area contributed by atoms with Gasteiger partial charge in [0, 0.05) is 31.9 Å². The van der Waals surface area contributed by atoms with Crippen molar-refractivity contribution in [1.82, 2.24) is 9.97 Å². The van der Waals surface area contributed by atoms with E-state index in [4.69, 9.17) is 4.74 Å². The molecule has 0 saturated heterocycles. The lowest BCUT2D eigenvalue weighted by atomic mass is 9.95. The molecule has 0 aliphatic carbocycles. The highest BCUT2D eigenvalue weighted by Gasteiger charge is 2.22. The number of rotatable bonds is 9. The molecule has 0 saturated carbocycles. The summed E-state index contributed by atoms with van der Waals surface area (Å²) in [6.07, 6.45) is 1.57. The minimum Gasteiger partial charge on any atom is -0.396 e. The second-order valence-corrected chi connectivity index (χ2v) is 4.95. The lowest BCUT2D eigenvalue weighted by Crippen LogP contribution is -2.35. The van der Waals surface area contributed by atoms with Crippen LogP contribution in [0.3, 0.4) is 0 Å². The molecular weight excluding hydrogens is 256 g/mol. The van der Waals surface area contributed by atoms with Gasteiger partial charge in [-0.1, -0.05) is 6.92 Å². The quantitative estimate of drug-likeness (QED) is 0.643. The molecule has 114 valence electrons. The molecule has 1 aromatic heterocycles. The number of aromatic nitrogens is 2. The first kappa shape index (κ1) is 16.7. The van der Waals surface area contributed by atoms with Gasteiger partial charge in [0.05, 0.1) is 0 Å². The Kier molecular flexibility index (Phi) is 6.67. The summed E-state index contributed by atoms with van der Waals surface area (Å²) in [6.45, 7) is 7.27. The van der Waals surface area contributed by atoms with E-state index in [1.54, 1.807) is 0 Å². The summed E-state index contributed by atoms with van der Waals surface area (Å²) in [5.41, 5.74) is -0.184. The fourth-order valence-electron chi connectivity index (χ4n) is 1.83. The number of anilines is 2. The van der Waals surface area contributed by atoms with E-state index in [2.05, 4.69) is 34.4 Å². The zero-order valence-corrected chi connectivity index (χ0v) is 12.9. The normalized spacial score (nSPS) is 13.8. The summed E-state index contributed by atoms with van der Waals surface area (Å²) in [4.78, 5) is 8.82. The Morgan fingerprint density at radius 2 is 2.00 bits per heavy atom. The number of nitrogens with one attached hydrogen (secondary N) is 2. The second kappa shape index (κ2) is 8.01. The van der Waals surface area contributed by atoms with Crippen LogP contribution in [0.15, 0.2) is 6.07 Å². The minimum atomic E-state index is -0.184. The SMILES string of the molecule is CCOCc1nc(NC)cc(NC(C)(CC)CCO)n1. The fraction of sp³-hybridized carbons (Fsp3) is 0.714. The van der Waals surface area contributed by atoms with Crippen LogP contribution in [0.25, 0.3) is 0 Å². The first-order valence-corrected chi connectivity index (χ1v) is 7.09. The number of ether oxygens (including phenoxy) is 1. The third-order valence-corrected chi connectivity index (χ3v) is 3.34. The van der Waals surface area contributed by atoms with Crippen LogP contribution in [0.1, 0.15) is 39.4 Å². The molecule has 1 atom stereocenters. The van der Waals surface area contributed by atoms with Crippen molar-refractivity contribution in [2.45, 2.75) is 45.8 Å². The van der Waals surface area contributed by atoms with Crippen LogP contribution in [-0.2, 0) is 11.3 Å². The third kappa shape index (κ3) is 4.94. The topological polar surface area (TPSA) is 79.3 Å². The molecule has 0 amide bonds. The second-order valence-electron chi connectivity index (χ2n) is 4.95. The Morgan fingerprint density at radius 3 is 2.55 bits per heavy atom. The van der Waals surface area contributed by atoms with E-state index in [1.807, 2.05) is 20.0 Å². The summed E-state index contributed by atoms with van der Waals surface area (Å²) >= 11 is 0. The number of nitrogens with zero attached hydrogens (tertiary/aromatic N) is 2. The maximum atomic E-state index is 9.18. The van der Waals surface area contributed by atoms with Crippen molar-refractivity contribution >= 4 is 11.6 Å². The van der Waals surface area contributed by atoms with Gasteiger partial charge in [0.15, 0.2) is 5.82 Å². The van der Waals surface area contributed by atoms with E-state index in [-0.39, 0.29) is 12.1 Å². The molecule has 0 aromatic carbocycles. The highest BCUT2D eigenvalue weighted by Crippen LogP contribution is 2.22. The molecule has 0 aliphatic heterocycles. The molecule has 6 heteroatoms. The standard InChI is InChI=1S/C14H26N4O2/c1-5-14(3,7-8-19)18-12-9-11(15-4)16-13(17-12)10-20-6-2/h9,19H,5-8,10H2,1-4H3,(H2,15,16,17,18). The van der Waals surface area contributed by atoms with Crippen LogP contribution in [0.5, 0.6) is 0 Å². The number of aliphatic hydroxyl groups is 1. The van der Waals surface area contributed by atoms with Gasteiger partial charge >= 0.3 is 0 Å². The van der Waals surface area contributed by atoms with Gasteiger partial charge in [-0.2, -0.15) is 0 Å². The average Bonchev–Trinajstić information content (AvgIpc) is 2.45. The molecule has 1 unspecified atom stereocenters. The summed E-state index contributed by atoms with van der Waals surface area (Å²) in [7, 11) is 1.82. The van der Waals surface area contributed by atoms with E-state index < -0.39 is 0 Å².